The minimum Gasteiger partial charge on any atom is -0.477 e. The van der Waals surface area contributed by atoms with Crippen molar-refractivity contribution in [2.75, 3.05) is 0 Å². The number of hydrogen-bond donors (Lipinski definition) is 1. The lowest BCUT2D eigenvalue weighted by Crippen LogP contribution is -2.11. The molecule has 0 amide bonds. The van der Waals surface area contributed by atoms with Gasteiger partial charge in [0.25, 0.3) is 0 Å². The molecule has 108 valence electrons. The smallest absolute Gasteiger partial charge is 0.341 e. The first-order valence-corrected chi connectivity index (χ1v) is 6.83. The molecule has 3 rings (SSSR count). The average molecular weight is 287 g/mol. The number of aromatic carboxylic acids is 1. The predicted molar refractivity (Wildman–Crippen MR) is 74.3 cm³/mol. The number of nitrogens with zero attached hydrogens (tertiary/aromatic N) is 1. The summed E-state index contributed by atoms with van der Waals surface area (Å²) >= 11 is 0. The third-order valence-electron chi connectivity index (χ3n) is 3.54. The topological polar surface area (TPSA) is 59.4 Å². The molecular formula is C16H14FNO3. The quantitative estimate of drug-likeness (QED) is 0.937. The SMILES string of the molecule is O=C(O)c1cc2c(nc1Oc1ccccc1F)CCCC2. The molecule has 4 nitrogen and oxygen atoms in total. The first-order chi connectivity index (χ1) is 10.1. The third kappa shape index (κ3) is 2.72. The van der Waals surface area contributed by atoms with Gasteiger partial charge < -0.3 is 9.84 Å². The number of pyridine rings is 1. The number of aromatic nitrogens is 1. The Balaban J connectivity index is 2.04. The largest absolute Gasteiger partial charge is 0.477 e. The minimum atomic E-state index is -1.12. The lowest BCUT2D eigenvalue weighted by molar-refractivity contribution is 0.0693. The van der Waals surface area contributed by atoms with Crippen LogP contribution in [0, 0.1) is 5.82 Å². The number of halogens is 1. The monoisotopic (exact) mass is 287 g/mol. The Labute approximate surface area is 121 Å². The maximum atomic E-state index is 13.6. The number of fused-ring (bicyclic) bond motifs is 1. The molecule has 1 aromatic heterocycles. The van der Waals surface area contributed by atoms with E-state index in [1.165, 1.54) is 12.1 Å². The molecular weight excluding hydrogens is 273 g/mol. The van der Waals surface area contributed by atoms with E-state index in [1.807, 2.05) is 0 Å². The lowest BCUT2D eigenvalue weighted by Gasteiger charge is -2.17. The van der Waals surface area contributed by atoms with Crippen LogP contribution in [0.1, 0.15) is 34.5 Å². The van der Waals surface area contributed by atoms with E-state index in [0.29, 0.717) is 0 Å². The molecule has 5 heteroatoms. The number of para-hydroxylation sites is 1. The van der Waals surface area contributed by atoms with E-state index in [2.05, 4.69) is 4.98 Å². The molecule has 0 radical (unpaired) electrons. The van der Waals surface area contributed by atoms with E-state index >= 15 is 0 Å². The number of carboxylic acids is 1. The van der Waals surface area contributed by atoms with E-state index in [1.54, 1.807) is 18.2 Å². The molecule has 0 spiro atoms. The van der Waals surface area contributed by atoms with Crippen molar-refractivity contribution >= 4 is 5.97 Å². The van der Waals surface area contributed by atoms with E-state index in [0.717, 1.165) is 36.9 Å². The Hall–Kier alpha value is -2.43. The molecule has 0 saturated carbocycles. The van der Waals surface area contributed by atoms with Gasteiger partial charge in [0.1, 0.15) is 5.56 Å². The highest BCUT2D eigenvalue weighted by molar-refractivity contribution is 5.90. The summed E-state index contributed by atoms with van der Waals surface area (Å²) in [6, 6.07) is 7.47. The van der Waals surface area contributed by atoms with Gasteiger partial charge in [0.2, 0.25) is 5.88 Å². The van der Waals surface area contributed by atoms with Gasteiger partial charge in [-0.2, -0.15) is 0 Å². The number of carboxylic acid groups (broad SMARTS) is 1. The second kappa shape index (κ2) is 5.52. The van der Waals surface area contributed by atoms with Gasteiger partial charge in [-0.3, -0.25) is 0 Å². The molecule has 21 heavy (non-hydrogen) atoms. The molecule has 0 saturated heterocycles. The van der Waals surface area contributed by atoms with Crippen molar-refractivity contribution in [1.29, 1.82) is 0 Å². The molecule has 1 aliphatic carbocycles. The van der Waals surface area contributed by atoms with E-state index in [-0.39, 0.29) is 17.2 Å². The van der Waals surface area contributed by atoms with Gasteiger partial charge in [-0.15, -0.1) is 0 Å². The van der Waals surface area contributed by atoms with Gasteiger partial charge in [-0.05, 0) is 49.4 Å². The summed E-state index contributed by atoms with van der Waals surface area (Å²) in [6.07, 6.45) is 3.66. The zero-order valence-electron chi connectivity index (χ0n) is 11.3. The van der Waals surface area contributed by atoms with Crippen molar-refractivity contribution in [3.63, 3.8) is 0 Å². The Morgan fingerprint density at radius 2 is 2.00 bits per heavy atom. The van der Waals surface area contributed by atoms with Crippen LogP contribution in [0.5, 0.6) is 11.6 Å². The predicted octanol–water partition coefficient (Wildman–Crippen LogP) is 3.59. The van der Waals surface area contributed by atoms with E-state index in [9.17, 15) is 14.3 Å². The summed E-state index contributed by atoms with van der Waals surface area (Å²) in [6.45, 7) is 0. The molecule has 0 fully saturated rings. The normalized spacial score (nSPS) is 13.6. The van der Waals surface area contributed by atoms with Crippen LogP contribution in [0.3, 0.4) is 0 Å². The average Bonchev–Trinajstić information content (AvgIpc) is 2.48. The fourth-order valence-corrected chi connectivity index (χ4v) is 2.48. The number of aryl methyl sites for hydroxylation is 2. The van der Waals surface area contributed by atoms with Crippen LogP contribution in [-0.2, 0) is 12.8 Å². The van der Waals surface area contributed by atoms with Crippen molar-refractivity contribution in [1.82, 2.24) is 4.98 Å². The Bertz CT molecular complexity index is 700. The first kappa shape index (κ1) is 13.5. The van der Waals surface area contributed by atoms with Crippen molar-refractivity contribution in [2.24, 2.45) is 0 Å². The fraction of sp³-hybridized carbons (Fsp3) is 0.250. The number of rotatable bonds is 3. The number of carbonyl (C=O) groups is 1. The van der Waals surface area contributed by atoms with Crippen molar-refractivity contribution < 1.29 is 19.0 Å². The summed E-state index contributed by atoms with van der Waals surface area (Å²) in [5.41, 5.74) is 1.76. The van der Waals surface area contributed by atoms with Gasteiger partial charge in [-0.25, -0.2) is 14.2 Å². The van der Waals surface area contributed by atoms with E-state index < -0.39 is 11.8 Å². The lowest BCUT2D eigenvalue weighted by atomic mass is 9.95. The zero-order valence-corrected chi connectivity index (χ0v) is 11.3. The zero-order chi connectivity index (χ0) is 14.8. The summed E-state index contributed by atoms with van der Waals surface area (Å²) in [7, 11) is 0. The summed E-state index contributed by atoms with van der Waals surface area (Å²) in [4.78, 5) is 15.7. The van der Waals surface area contributed by atoms with Gasteiger partial charge >= 0.3 is 5.97 Å². The number of ether oxygens (including phenoxy) is 1. The second-order valence-corrected chi connectivity index (χ2v) is 4.99. The highest BCUT2D eigenvalue weighted by Crippen LogP contribution is 2.30. The Kier molecular flexibility index (Phi) is 3.56. The first-order valence-electron chi connectivity index (χ1n) is 6.83. The standard InChI is InChI=1S/C16H14FNO3/c17-12-6-2-4-8-14(12)21-15-11(16(19)20)9-10-5-1-3-7-13(10)18-15/h2,4,6,8-9H,1,3,5,7H2,(H,19,20). The molecule has 0 atom stereocenters. The molecule has 1 heterocycles. The molecule has 0 aliphatic heterocycles. The third-order valence-corrected chi connectivity index (χ3v) is 3.54. The van der Waals surface area contributed by atoms with Crippen LogP contribution < -0.4 is 4.74 Å². The van der Waals surface area contributed by atoms with Gasteiger partial charge in [-0.1, -0.05) is 12.1 Å². The second-order valence-electron chi connectivity index (χ2n) is 4.99. The van der Waals surface area contributed by atoms with Crippen LogP contribution in [0.4, 0.5) is 4.39 Å². The molecule has 1 aromatic carbocycles. The van der Waals surface area contributed by atoms with Crippen LogP contribution in [-0.4, -0.2) is 16.1 Å². The van der Waals surface area contributed by atoms with Crippen LogP contribution in [0.2, 0.25) is 0 Å². The molecule has 2 aromatic rings. The fourth-order valence-electron chi connectivity index (χ4n) is 2.48. The molecule has 1 N–H and O–H groups in total. The maximum absolute atomic E-state index is 13.6. The van der Waals surface area contributed by atoms with Crippen LogP contribution >= 0.6 is 0 Å². The summed E-state index contributed by atoms with van der Waals surface area (Å²) in [5.74, 6) is -1.74. The van der Waals surface area contributed by atoms with Crippen molar-refractivity contribution in [2.45, 2.75) is 25.7 Å². The summed E-state index contributed by atoms with van der Waals surface area (Å²) in [5, 5.41) is 9.30. The number of hydrogen-bond acceptors (Lipinski definition) is 3. The summed E-state index contributed by atoms with van der Waals surface area (Å²) < 4.78 is 19.0. The molecule has 1 aliphatic rings. The molecule has 0 bridgehead atoms. The van der Waals surface area contributed by atoms with Crippen molar-refractivity contribution in [3.8, 4) is 11.6 Å². The minimum absolute atomic E-state index is 0.0248. The van der Waals surface area contributed by atoms with Crippen molar-refractivity contribution in [3.05, 3.63) is 53.0 Å². The maximum Gasteiger partial charge on any atom is 0.341 e. The highest BCUT2D eigenvalue weighted by atomic mass is 19.1. The van der Waals surface area contributed by atoms with E-state index in [4.69, 9.17) is 4.74 Å². The van der Waals surface area contributed by atoms with Crippen LogP contribution in [0.15, 0.2) is 30.3 Å². The van der Waals surface area contributed by atoms with Gasteiger partial charge in [0, 0.05) is 5.69 Å². The van der Waals surface area contributed by atoms with Gasteiger partial charge in [0.05, 0.1) is 0 Å². The van der Waals surface area contributed by atoms with Gasteiger partial charge in [0.15, 0.2) is 11.6 Å². The Morgan fingerprint density at radius 1 is 1.24 bits per heavy atom. The Morgan fingerprint density at radius 3 is 2.76 bits per heavy atom. The van der Waals surface area contributed by atoms with Crippen LogP contribution in [0.25, 0.3) is 0 Å². The molecule has 0 unspecified atom stereocenters. The highest BCUT2D eigenvalue weighted by Gasteiger charge is 2.21. The number of benzene rings is 1.